The van der Waals surface area contributed by atoms with Crippen LogP contribution in [0.5, 0.6) is 0 Å². The van der Waals surface area contributed by atoms with E-state index in [0.29, 0.717) is 17.5 Å². The van der Waals surface area contributed by atoms with Gasteiger partial charge in [-0.2, -0.15) is 0 Å². The molecule has 27 aromatic rings. The Morgan fingerprint density at radius 2 is 0.441 bits per heavy atom. The van der Waals surface area contributed by atoms with E-state index in [1.807, 2.05) is 84.1 Å². The first-order valence-electron chi connectivity index (χ1n) is 43.0. The van der Waals surface area contributed by atoms with Gasteiger partial charge in [-0.15, -0.1) is 11.3 Å². The number of fused-ring (bicyclic) bond motifs is 21. The van der Waals surface area contributed by atoms with Crippen molar-refractivity contribution in [2.75, 3.05) is 0 Å². The van der Waals surface area contributed by atoms with Gasteiger partial charge in [0.25, 0.3) is 0 Å². The summed E-state index contributed by atoms with van der Waals surface area (Å²) in [6.07, 6.45) is 0. The Kier molecular flexibility index (Phi) is 17.3. The lowest BCUT2D eigenvalue weighted by atomic mass is 10.0. The highest BCUT2D eigenvalue weighted by Gasteiger charge is 2.23. The minimum Gasteiger partial charge on any atom is -0.456 e. The molecule has 0 radical (unpaired) electrons. The molecule has 0 aliphatic heterocycles. The number of aromatic nitrogens is 8. The van der Waals surface area contributed by atoms with Gasteiger partial charge >= 0.3 is 0 Å². The third kappa shape index (κ3) is 12.3. The molecule has 0 aliphatic rings. The van der Waals surface area contributed by atoms with E-state index in [1.165, 1.54) is 169 Å². The maximum Gasteiger partial charge on any atom is 0.164 e. The van der Waals surface area contributed by atoms with Crippen LogP contribution in [0.2, 0.25) is 0 Å². The van der Waals surface area contributed by atoms with Crippen molar-refractivity contribution in [2.45, 2.75) is 0 Å². The molecule has 0 saturated carbocycles. The summed E-state index contributed by atoms with van der Waals surface area (Å²) in [5.41, 5.74) is 27.4. The zero-order chi connectivity index (χ0) is 83.6. The van der Waals surface area contributed by atoms with Gasteiger partial charge in [0.05, 0.1) is 55.2 Å². The monoisotopic (exact) mass is 1640 g/mol. The highest BCUT2D eigenvalue weighted by molar-refractivity contribution is 7.25. The summed E-state index contributed by atoms with van der Waals surface area (Å²) in [6.45, 7) is 0. The number of furan rings is 1. The minimum absolute atomic E-state index is 0.648. The van der Waals surface area contributed by atoms with Crippen LogP contribution in [0, 0.1) is 0 Å². The van der Waals surface area contributed by atoms with E-state index >= 15 is 0 Å². The molecule has 9 nitrogen and oxygen atoms in total. The number of para-hydroxylation sites is 9. The summed E-state index contributed by atoms with van der Waals surface area (Å²) in [5, 5.41) is 17.5. The van der Waals surface area contributed by atoms with Crippen molar-refractivity contribution in [3.05, 3.63) is 449 Å². The fourth-order valence-electron chi connectivity index (χ4n) is 19.5. The van der Waals surface area contributed by atoms with E-state index in [9.17, 15) is 0 Å². The fourth-order valence-corrected chi connectivity index (χ4v) is 20.6. The Labute approximate surface area is 733 Å². The minimum atomic E-state index is 0.648. The van der Waals surface area contributed by atoms with Crippen LogP contribution in [0.3, 0.4) is 0 Å². The summed E-state index contributed by atoms with van der Waals surface area (Å²) in [5.74, 6) is 1.97. The highest BCUT2D eigenvalue weighted by Crippen LogP contribution is 2.45. The Morgan fingerprint density at radius 1 is 0.157 bits per heavy atom. The molecule has 0 saturated heterocycles. The first-order valence-corrected chi connectivity index (χ1v) is 43.8. The average molecular weight is 1640 g/mol. The Hall–Kier alpha value is -16.8. The number of hydrogen-bond donors (Lipinski definition) is 0. The molecule has 19 aromatic carbocycles. The van der Waals surface area contributed by atoms with Crippen molar-refractivity contribution in [1.29, 1.82) is 0 Å². The van der Waals surface area contributed by atoms with Crippen molar-refractivity contribution in [3.8, 4) is 84.9 Å². The molecule has 0 fully saturated rings. The van der Waals surface area contributed by atoms with E-state index in [2.05, 4.69) is 399 Å². The van der Waals surface area contributed by atoms with Crippen LogP contribution in [0.25, 0.3) is 236 Å². The van der Waals surface area contributed by atoms with Crippen molar-refractivity contribution < 1.29 is 4.42 Å². The summed E-state index contributed by atoms with van der Waals surface area (Å²) < 4.78 is 20.7. The standard InChI is InChI=1S/C42H26N2O.C42H26N2S.C33H22N4/c2*1-2-10-29(11-3-1)43-37-15-7-4-12-31(37)34-24-27(18-21-39(34)43)28-19-22-40-35(25-28)32-13-5-8-16-38(32)44(40)30-20-23-42-36(26-30)33-14-6-9-17-41(33)45-42;1-3-12-23(13-4-1)31-34-32(24-14-5-2-6-15-24)36-33(35-31)25-16-11-17-26(22-25)37-29-20-9-7-18-27(29)28-19-8-10-21-30(28)37/h2*1-26H;1-22H. The van der Waals surface area contributed by atoms with Crippen LogP contribution in [0.1, 0.15) is 0 Å². The van der Waals surface area contributed by atoms with Crippen LogP contribution >= 0.6 is 11.3 Å². The number of benzene rings is 19. The van der Waals surface area contributed by atoms with Gasteiger partial charge in [-0.25, -0.2) is 15.0 Å². The molecule has 27 rings (SSSR count). The second kappa shape index (κ2) is 30.1. The third-order valence-corrected chi connectivity index (χ3v) is 26.4. The van der Waals surface area contributed by atoms with Gasteiger partial charge < -0.3 is 27.3 Å². The van der Waals surface area contributed by atoms with Crippen LogP contribution in [-0.2, 0) is 0 Å². The first kappa shape index (κ1) is 73.0. The van der Waals surface area contributed by atoms with Crippen molar-refractivity contribution in [1.82, 2.24) is 37.8 Å². The van der Waals surface area contributed by atoms with Gasteiger partial charge in [0, 0.05) is 130 Å². The Bertz CT molecular complexity index is 8550. The average Bonchev–Trinajstić information content (AvgIpc) is 1.57. The van der Waals surface area contributed by atoms with E-state index in [-0.39, 0.29) is 0 Å². The maximum absolute atomic E-state index is 6.14. The van der Waals surface area contributed by atoms with Gasteiger partial charge in [-0.05, 0) is 192 Å². The van der Waals surface area contributed by atoms with Crippen molar-refractivity contribution in [3.63, 3.8) is 0 Å². The Balaban J connectivity index is 0.000000104. The molecule has 127 heavy (non-hydrogen) atoms. The van der Waals surface area contributed by atoms with E-state index in [0.717, 1.165) is 50.0 Å². The van der Waals surface area contributed by atoms with Gasteiger partial charge in [0.1, 0.15) is 11.2 Å². The molecule has 0 aliphatic carbocycles. The lowest BCUT2D eigenvalue weighted by Gasteiger charge is -2.11. The second-order valence-electron chi connectivity index (χ2n) is 32.5. The molecule has 0 atom stereocenters. The lowest BCUT2D eigenvalue weighted by Crippen LogP contribution is -2.01. The number of rotatable bonds is 10. The summed E-state index contributed by atoms with van der Waals surface area (Å²) in [7, 11) is 0. The number of nitrogens with zero attached hydrogens (tertiary/aromatic N) is 8. The van der Waals surface area contributed by atoms with Gasteiger partial charge in [0.2, 0.25) is 0 Å². The second-order valence-corrected chi connectivity index (χ2v) is 33.6. The molecule has 0 amide bonds. The molecular weight excluding hydrogens is 1570 g/mol. The van der Waals surface area contributed by atoms with E-state index < -0.39 is 0 Å². The summed E-state index contributed by atoms with van der Waals surface area (Å²) in [6, 6.07) is 160. The largest absolute Gasteiger partial charge is 0.456 e. The van der Waals surface area contributed by atoms with Crippen molar-refractivity contribution in [2.24, 2.45) is 0 Å². The van der Waals surface area contributed by atoms with E-state index in [4.69, 9.17) is 19.4 Å². The van der Waals surface area contributed by atoms with Crippen LogP contribution < -0.4 is 0 Å². The fraction of sp³-hybridized carbons (Fsp3) is 0. The molecular formula is C117H74N8OS. The third-order valence-electron chi connectivity index (χ3n) is 25.3. The normalized spacial score (nSPS) is 11.8. The molecule has 0 N–H and O–H groups in total. The lowest BCUT2D eigenvalue weighted by molar-refractivity contribution is 0.669. The van der Waals surface area contributed by atoms with Crippen LogP contribution in [0.4, 0.5) is 0 Å². The zero-order valence-electron chi connectivity index (χ0n) is 68.6. The molecule has 10 heteroatoms. The SMILES string of the molecule is c1ccc(-c2nc(-c3ccccc3)nc(-c3cccc(-n4c5ccccc5c5ccccc54)c3)n2)cc1.c1ccc(-n2c3ccccc3c3cc(-c4ccc5c(c4)c4ccccc4n5-c4ccc5oc6ccccc6c5c4)ccc32)cc1.c1ccc(-n2c3ccccc3c3cc(-c4ccc5c(c4)c4ccccc4n5-c4ccc5sc6ccccc6c5c4)ccc32)cc1. The van der Waals surface area contributed by atoms with Crippen LogP contribution in [-0.4, -0.2) is 37.8 Å². The first-order chi connectivity index (χ1) is 63.0. The van der Waals surface area contributed by atoms with Crippen LogP contribution in [0.15, 0.2) is 453 Å². The predicted octanol–water partition coefficient (Wildman–Crippen LogP) is 31.3. The van der Waals surface area contributed by atoms with E-state index in [1.54, 1.807) is 0 Å². The molecule has 8 aromatic heterocycles. The molecule has 594 valence electrons. The van der Waals surface area contributed by atoms with Crippen molar-refractivity contribution >= 4 is 162 Å². The van der Waals surface area contributed by atoms with Gasteiger partial charge in [-0.3, -0.25) is 0 Å². The molecule has 0 unspecified atom stereocenters. The topological polar surface area (TPSA) is 76.5 Å². The summed E-state index contributed by atoms with van der Waals surface area (Å²) in [4.78, 5) is 14.7. The smallest absolute Gasteiger partial charge is 0.164 e. The van der Waals surface area contributed by atoms with Gasteiger partial charge in [-0.1, -0.05) is 279 Å². The molecule has 8 heterocycles. The predicted molar refractivity (Wildman–Crippen MR) is 532 cm³/mol. The number of hydrogen-bond acceptors (Lipinski definition) is 5. The molecule has 0 spiro atoms. The zero-order valence-corrected chi connectivity index (χ0v) is 69.4. The Morgan fingerprint density at radius 3 is 0.866 bits per heavy atom. The van der Waals surface area contributed by atoms with Gasteiger partial charge in [0.15, 0.2) is 17.5 Å². The quantitative estimate of drug-likeness (QED) is 0.137. The molecule has 0 bridgehead atoms. The number of thiophene rings is 1. The highest BCUT2D eigenvalue weighted by atomic mass is 32.1. The maximum atomic E-state index is 6.14. The summed E-state index contributed by atoms with van der Waals surface area (Å²) >= 11 is 1.87.